The maximum absolute atomic E-state index is 13.2. The lowest BCUT2D eigenvalue weighted by Crippen LogP contribution is -2.35. The molecule has 6 rings (SSSR count). The molecule has 0 radical (unpaired) electrons. The molecule has 0 amide bonds. The van der Waals surface area contributed by atoms with E-state index in [1.807, 2.05) is 0 Å². The summed E-state index contributed by atoms with van der Waals surface area (Å²) in [6.45, 7) is 2.68. The first-order valence-corrected chi connectivity index (χ1v) is 12.5. The Hall–Kier alpha value is -1.96. The van der Waals surface area contributed by atoms with E-state index in [9.17, 15) is 13.2 Å². The molecule has 4 heterocycles. The van der Waals surface area contributed by atoms with Crippen molar-refractivity contribution in [3.05, 3.63) is 63.5 Å². The average Bonchev–Trinajstić information content (AvgIpc) is 3.18. The van der Waals surface area contributed by atoms with Gasteiger partial charge in [0.05, 0.1) is 16.9 Å². The van der Waals surface area contributed by atoms with Crippen LogP contribution in [0, 0.1) is 0 Å². The van der Waals surface area contributed by atoms with Gasteiger partial charge in [-0.05, 0) is 67.3 Å². The van der Waals surface area contributed by atoms with Crippen molar-refractivity contribution in [2.75, 3.05) is 26.4 Å². The fourth-order valence-electron chi connectivity index (χ4n) is 6.34. The summed E-state index contributed by atoms with van der Waals surface area (Å²) in [6, 6.07) is 5.52. The Morgan fingerprint density at radius 3 is 2.26 bits per heavy atom. The van der Waals surface area contributed by atoms with Crippen molar-refractivity contribution in [1.29, 1.82) is 0 Å². The van der Waals surface area contributed by atoms with E-state index in [2.05, 4.69) is 0 Å². The summed E-state index contributed by atoms with van der Waals surface area (Å²) in [5, 5.41) is 0. The SMILES string of the molecule is FC(F)(F)c1ccc(C2OC3(CCOCC3)c3c4c(nc(C5CCOCC5)c32)CCCC4)cc1. The number of hydrogen-bond acceptors (Lipinski definition) is 4. The first-order valence-electron chi connectivity index (χ1n) is 12.5. The molecule has 1 aliphatic carbocycles. The molecule has 182 valence electrons. The van der Waals surface area contributed by atoms with Crippen LogP contribution in [0.2, 0.25) is 0 Å². The fourth-order valence-corrected chi connectivity index (χ4v) is 6.34. The molecular formula is C27H30F3NO3. The summed E-state index contributed by atoms with van der Waals surface area (Å²) in [5.41, 5.74) is 5.70. The Morgan fingerprint density at radius 2 is 1.56 bits per heavy atom. The number of hydrogen-bond donors (Lipinski definition) is 0. The zero-order valence-corrected chi connectivity index (χ0v) is 19.3. The Balaban J connectivity index is 1.54. The number of fused-ring (bicyclic) bond motifs is 4. The van der Waals surface area contributed by atoms with Gasteiger partial charge in [-0.25, -0.2) is 0 Å². The Bertz CT molecular complexity index is 1050. The van der Waals surface area contributed by atoms with Crippen LogP contribution in [-0.2, 0) is 38.8 Å². The average molecular weight is 474 g/mol. The molecule has 1 spiro atoms. The van der Waals surface area contributed by atoms with Crippen molar-refractivity contribution in [3.63, 3.8) is 0 Å². The number of aromatic nitrogens is 1. The van der Waals surface area contributed by atoms with Crippen LogP contribution in [-0.4, -0.2) is 31.4 Å². The van der Waals surface area contributed by atoms with Gasteiger partial charge in [0.25, 0.3) is 0 Å². The molecule has 1 aromatic heterocycles. The van der Waals surface area contributed by atoms with Crippen LogP contribution in [0.3, 0.4) is 0 Å². The normalized spacial score (nSPS) is 24.7. The summed E-state index contributed by atoms with van der Waals surface area (Å²) in [4.78, 5) is 5.27. The van der Waals surface area contributed by atoms with Crippen molar-refractivity contribution in [2.24, 2.45) is 0 Å². The zero-order valence-electron chi connectivity index (χ0n) is 19.3. The maximum Gasteiger partial charge on any atom is 0.416 e. The van der Waals surface area contributed by atoms with Gasteiger partial charge < -0.3 is 14.2 Å². The van der Waals surface area contributed by atoms with E-state index in [4.69, 9.17) is 19.2 Å². The van der Waals surface area contributed by atoms with Crippen molar-refractivity contribution in [3.8, 4) is 0 Å². The molecule has 3 aliphatic heterocycles. The van der Waals surface area contributed by atoms with Gasteiger partial charge in [-0.3, -0.25) is 4.98 Å². The van der Waals surface area contributed by atoms with Crippen molar-refractivity contribution >= 4 is 0 Å². The third-order valence-corrected chi connectivity index (χ3v) is 8.05. The maximum atomic E-state index is 13.2. The number of halogens is 3. The van der Waals surface area contributed by atoms with Crippen LogP contribution >= 0.6 is 0 Å². The van der Waals surface area contributed by atoms with Gasteiger partial charge in [-0.1, -0.05) is 12.1 Å². The highest BCUT2D eigenvalue weighted by molar-refractivity contribution is 5.53. The first kappa shape index (κ1) is 22.5. The predicted octanol–water partition coefficient (Wildman–Crippen LogP) is 6.00. The smallest absolute Gasteiger partial charge is 0.381 e. The van der Waals surface area contributed by atoms with Gasteiger partial charge >= 0.3 is 6.18 Å². The molecule has 7 heteroatoms. The van der Waals surface area contributed by atoms with E-state index < -0.39 is 23.4 Å². The number of rotatable bonds is 2. The second kappa shape index (κ2) is 8.61. The lowest BCUT2D eigenvalue weighted by molar-refractivity contribution is -0.137. The molecule has 2 fully saturated rings. The van der Waals surface area contributed by atoms with Crippen molar-refractivity contribution in [1.82, 2.24) is 4.98 Å². The summed E-state index contributed by atoms with van der Waals surface area (Å²) >= 11 is 0. The second-order valence-electron chi connectivity index (χ2n) is 10.0. The zero-order chi connectivity index (χ0) is 23.3. The van der Waals surface area contributed by atoms with E-state index >= 15 is 0 Å². The van der Waals surface area contributed by atoms with Gasteiger partial charge in [0.15, 0.2) is 0 Å². The molecule has 0 bridgehead atoms. The van der Waals surface area contributed by atoms with E-state index in [1.165, 1.54) is 29.0 Å². The van der Waals surface area contributed by atoms with E-state index in [0.29, 0.717) is 26.4 Å². The number of ether oxygens (including phenoxy) is 3. The predicted molar refractivity (Wildman–Crippen MR) is 120 cm³/mol. The van der Waals surface area contributed by atoms with Gasteiger partial charge in [0.2, 0.25) is 0 Å². The van der Waals surface area contributed by atoms with Gasteiger partial charge in [-0.2, -0.15) is 13.2 Å². The third kappa shape index (κ3) is 3.76. The highest BCUT2D eigenvalue weighted by atomic mass is 19.4. The minimum Gasteiger partial charge on any atom is -0.381 e. The number of pyridine rings is 1. The minimum absolute atomic E-state index is 0.283. The van der Waals surface area contributed by atoms with Crippen LogP contribution in [0.4, 0.5) is 13.2 Å². The molecule has 1 unspecified atom stereocenters. The Morgan fingerprint density at radius 1 is 0.882 bits per heavy atom. The molecule has 0 saturated carbocycles. The van der Waals surface area contributed by atoms with E-state index in [0.717, 1.165) is 68.2 Å². The molecule has 2 aromatic rings. The van der Waals surface area contributed by atoms with Gasteiger partial charge in [0.1, 0.15) is 6.10 Å². The molecular weight excluding hydrogens is 443 g/mol. The molecule has 0 N–H and O–H groups in total. The first-order chi connectivity index (χ1) is 16.5. The highest BCUT2D eigenvalue weighted by Crippen LogP contribution is 2.56. The fraction of sp³-hybridized carbons (Fsp3) is 0.593. The van der Waals surface area contributed by atoms with Gasteiger partial charge in [0, 0.05) is 56.4 Å². The summed E-state index contributed by atoms with van der Waals surface area (Å²) in [5.74, 6) is 0.283. The molecule has 2 saturated heterocycles. The Labute approximate surface area is 197 Å². The van der Waals surface area contributed by atoms with Crippen LogP contribution in [0.25, 0.3) is 0 Å². The molecule has 4 aliphatic rings. The van der Waals surface area contributed by atoms with E-state index in [1.54, 1.807) is 12.1 Å². The lowest BCUT2D eigenvalue weighted by atomic mass is 9.76. The summed E-state index contributed by atoms with van der Waals surface area (Å²) in [6.07, 6.45) is 2.83. The van der Waals surface area contributed by atoms with Crippen molar-refractivity contribution < 1.29 is 27.4 Å². The van der Waals surface area contributed by atoms with Crippen LogP contribution < -0.4 is 0 Å². The summed E-state index contributed by atoms with van der Waals surface area (Å²) in [7, 11) is 0. The number of aryl methyl sites for hydroxylation is 1. The lowest BCUT2D eigenvalue weighted by Gasteiger charge is -2.36. The molecule has 34 heavy (non-hydrogen) atoms. The topological polar surface area (TPSA) is 40.6 Å². The van der Waals surface area contributed by atoms with Crippen LogP contribution in [0.15, 0.2) is 24.3 Å². The van der Waals surface area contributed by atoms with Crippen LogP contribution in [0.5, 0.6) is 0 Å². The minimum atomic E-state index is -4.36. The third-order valence-electron chi connectivity index (χ3n) is 8.05. The number of benzene rings is 1. The van der Waals surface area contributed by atoms with Crippen molar-refractivity contribution in [2.45, 2.75) is 75.2 Å². The standard InChI is InChI=1S/C27H30F3NO3/c28-27(29,30)19-7-5-18(6-8-19)25-22-23(26(34-25)11-15-33-16-12-26)20-3-1-2-4-21(20)31-24(22)17-9-13-32-14-10-17/h5-8,17,25H,1-4,9-16H2. The highest BCUT2D eigenvalue weighted by Gasteiger charge is 2.50. The molecule has 4 nitrogen and oxygen atoms in total. The van der Waals surface area contributed by atoms with E-state index in [-0.39, 0.29) is 5.92 Å². The second-order valence-corrected chi connectivity index (χ2v) is 10.0. The molecule has 1 aromatic carbocycles. The Kier molecular flexibility index (Phi) is 5.70. The quantitative estimate of drug-likeness (QED) is 0.537. The monoisotopic (exact) mass is 473 g/mol. The summed E-state index contributed by atoms with van der Waals surface area (Å²) < 4.78 is 58.0. The number of nitrogens with zero attached hydrogens (tertiary/aromatic N) is 1. The van der Waals surface area contributed by atoms with Crippen LogP contribution in [0.1, 0.15) is 89.8 Å². The largest absolute Gasteiger partial charge is 0.416 e. The molecule has 1 atom stereocenters. The van der Waals surface area contributed by atoms with Gasteiger partial charge in [-0.15, -0.1) is 0 Å². The number of alkyl halides is 3.